The SMILES string of the molecule is CN(N=Cc1ccc(ON=PN=PP=N)cc1)[P+](=S)Oc1ccc(CCNC(=O)CN(C[P+](O)(O)O)C[P+](O)(O)O)cc1.CO[P+](O)(CN(CC(=O)NCCc1ccc(O[P+](=S)N(C)N=Cc2ccc(ON=PN=PP=N)cc2)cc1)C[P+](O)(OC)OC)OC. The minimum Gasteiger partial charge on any atom is -0.355 e. The van der Waals surface area contributed by atoms with Gasteiger partial charge < -0.3 is 20.3 Å². The van der Waals surface area contributed by atoms with Gasteiger partial charge in [-0.2, -0.15) is 66.3 Å². The van der Waals surface area contributed by atoms with Gasteiger partial charge in [-0.3, -0.25) is 29.0 Å². The topological polar surface area (TPSA) is 429 Å². The van der Waals surface area contributed by atoms with E-state index in [1.807, 2.05) is 24.3 Å². The van der Waals surface area contributed by atoms with E-state index in [1.165, 1.54) is 38.1 Å². The first kappa shape index (κ1) is 81.0. The number of carbonyl (C=O) groups is 2. The highest BCUT2D eigenvalue weighted by atomic mass is 32.4. The molecule has 0 saturated carbocycles. The van der Waals surface area contributed by atoms with Crippen molar-refractivity contribution in [3.05, 3.63) is 119 Å². The van der Waals surface area contributed by atoms with Crippen LogP contribution in [0.4, 0.5) is 0 Å². The second-order valence-electron chi connectivity index (χ2n) is 17.4. The van der Waals surface area contributed by atoms with Gasteiger partial charge in [-0.1, -0.05) is 33.8 Å². The maximum absolute atomic E-state index is 12.7. The fourth-order valence-corrected chi connectivity index (χ4v) is 14.8. The number of carbonyl (C=O) groups excluding carboxylic acids is 2. The summed E-state index contributed by atoms with van der Waals surface area (Å²) in [5, 5.41) is 28.1. The minimum atomic E-state index is -4.35. The predicted molar refractivity (Wildman–Crippen MR) is 364 cm³/mol. The first-order valence-corrected chi connectivity index (χ1v) is 43.3. The minimum absolute atomic E-state index is 0.138. The van der Waals surface area contributed by atoms with Gasteiger partial charge >= 0.3 is 45.9 Å². The Labute approximate surface area is 543 Å². The van der Waals surface area contributed by atoms with Crippen molar-refractivity contribution in [2.75, 3.05) is 93.9 Å². The summed E-state index contributed by atoms with van der Waals surface area (Å²) < 4.78 is 43.1. The largest absolute Gasteiger partial charge is 0.540 e. The molecule has 12 N–H and O–H groups in total. The van der Waals surface area contributed by atoms with Crippen LogP contribution in [0.25, 0.3) is 0 Å². The maximum atomic E-state index is 12.7. The molecule has 2 amide bonds. The van der Waals surface area contributed by atoms with Crippen molar-refractivity contribution in [2.24, 2.45) is 29.1 Å². The van der Waals surface area contributed by atoms with Crippen molar-refractivity contribution < 1.29 is 85.6 Å². The van der Waals surface area contributed by atoms with Crippen LogP contribution in [0.5, 0.6) is 23.0 Å². The molecule has 0 aliphatic rings. The lowest BCUT2D eigenvalue weighted by atomic mass is 10.1. The zero-order valence-corrected chi connectivity index (χ0v) is 61.1. The molecule has 4 aromatic rings. The predicted octanol–water partition coefficient (Wildman–Crippen LogP) is 11.1. The Morgan fingerprint density at radius 1 is 0.533 bits per heavy atom. The summed E-state index contributed by atoms with van der Waals surface area (Å²) >= 11 is 11.0. The van der Waals surface area contributed by atoms with Crippen molar-refractivity contribution in [3.8, 4) is 23.0 Å². The van der Waals surface area contributed by atoms with E-state index in [1.54, 1.807) is 104 Å². The molecule has 0 heterocycles. The molecule has 0 aromatic heterocycles. The molecule has 2 unspecified atom stereocenters. The highest BCUT2D eigenvalue weighted by Gasteiger charge is 2.48. The number of rotatable bonds is 40. The average molecular weight is 1520 g/mol. The summed E-state index contributed by atoms with van der Waals surface area (Å²) in [6.45, 7) is -0.0886. The lowest BCUT2D eigenvalue weighted by Gasteiger charge is -2.25. The van der Waals surface area contributed by atoms with Crippen LogP contribution < -0.4 is 29.4 Å². The smallest absolute Gasteiger partial charge is 0.355 e. The van der Waals surface area contributed by atoms with Gasteiger partial charge in [0.25, 0.3) is 0 Å². The van der Waals surface area contributed by atoms with Crippen LogP contribution in [0, 0.1) is 10.3 Å². The van der Waals surface area contributed by atoms with E-state index in [9.17, 15) is 48.7 Å². The molecular formula is C44H68N14O18P12S2+6. The number of nitrogens with one attached hydrogen (secondary N) is 4. The molecule has 0 bridgehead atoms. The molecule has 0 fully saturated rings. The molecule has 32 nitrogen and oxygen atoms in total. The number of hydrogen-bond donors (Lipinski definition) is 12. The number of nitrogens with zero attached hydrogens (tertiary/aromatic N) is 10. The Morgan fingerprint density at radius 2 is 0.856 bits per heavy atom. The molecule has 0 radical (unpaired) electrons. The standard InChI is InChI=1S/C24H37N7O9P6S.C20H29N7O9P6S/c1-30(27-16-21-8-10-22(11-9-21)39-28-42-29-43-41-25)44(47)40-23-12-6-20(7-13-23)14-15-26-24(32)17-31(18-45(33,35-2)36-3)19-46(34,37-4)38-5;1-26(23-12-17-4-6-18(7-5-17)35-24-38-25-39-37-21)40(43)36-19-8-2-16(3-9-19)10-11-22-20(28)13-27(14-41(29,30)31)15-42(32,33)34/h6-13,16,25,33-34H,14-15,17-19H2,1-5H3;2-9,12,21,29-34H,10-11,13-15H2,1H3/q2*+2/p+2. The van der Waals surface area contributed by atoms with E-state index in [2.05, 4.69) is 39.7 Å². The third kappa shape index (κ3) is 35.9. The van der Waals surface area contributed by atoms with E-state index in [0.29, 0.717) is 91.7 Å². The summed E-state index contributed by atoms with van der Waals surface area (Å²) in [5.74, 6) is 1.33. The summed E-state index contributed by atoms with van der Waals surface area (Å²) in [4.78, 5) is 122. The van der Waals surface area contributed by atoms with Crippen LogP contribution in [0.1, 0.15) is 22.3 Å². The molecule has 0 aliphatic heterocycles. The monoisotopic (exact) mass is 1520 g/mol. The zero-order valence-electron chi connectivity index (χ0n) is 48.8. The Balaban J connectivity index is 0.000000472. The molecule has 0 saturated heterocycles. The summed E-state index contributed by atoms with van der Waals surface area (Å²) in [7, 11) is -6.71. The molecule has 0 aliphatic carbocycles. The van der Waals surface area contributed by atoms with Gasteiger partial charge in [0.15, 0.2) is 48.1 Å². The molecular weight excluding hydrogens is 1450 g/mol. The lowest BCUT2D eigenvalue weighted by Crippen LogP contribution is -2.40. The van der Waals surface area contributed by atoms with Crippen molar-refractivity contribution in [2.45, 2.75) is 12.8 Å². The fourth-order valence-electron chi connectivity index (χ4n) is 6.51. The Bertz CT molecular complexity index is 3040. The van der Waals surface area contributed by atoms with Gasteiger partial charge in [-0.25, -0.2) is 9.80 Å². The van der Waals surface area contributed by atoms with Crippen molar-refractivity contribution in [3.63, 3.8) is 0 Å². The third-order valence-electron chi connectivity index (χ3n) is 10.7. The first-order valence-electron chi connectivity index (χ1n) is 25.2. The number of benzene rings is 4. The maximum Gasteiger partial charge on any atom is 0.540 e. The van der Waals surface area contributed by atoms with Gasteiger partial charge in [0.05, 0.1) is 100 Å². The van der Waals surface area contributed by atoms with Crippen LogP contribution in [-0.2, 0) is 64.1 Å². The van der Waals surface area contributed by atoms with Gasteiger partial charge in [0.1, 0.15) is 0 Å². The number of amides is 2. The second kappa shape index (κ2) is 43.7. The molecule has 4 aromatic carbocycles. The van der Waals surface area contributed by atoms with Gasteiger partial charge in [-0.05, 0) is 118 Å². The van der Waals surface area contributed by atoms with E-state index >= 15 is 0 Å². The summed E-state index contributed by atoms with van der Waals surface area (Å²) in [6, 6.07) is 28.7. The molecule has 90 heavy (non-hydrogen) atoms. The normalized spacial score (nSPS) is 12.8. The van der Waals surface area contributed by atoms with Crippen molar-refractivity contribution in [1.29, 1.82) is 10.3 Å². The van der Waals surface area contributed by atoms with E-state index in [0.717, 1.165) is 27.2 Å². The quantitative estimate of drug-likeness (QED) is 0.0112. The van der Waals surface area contributed by atoms with Crippen molar-refractivity contribution >= 4 is 143 Å². The van der Waals surface area contributed by atoms with Crippen LogP contribution in [0.3, 0.4) is 0 Å². The Kier molecular flexibility index (Phi) is 39.3. The number of hydrogen-bond acceptors (Lipinski definition) is 28. The van der Waals surface area contributed by atoms with Crippen LogP contribution in [-0.4, -0.2) is 177 Å². The molecule has 0 spiro atoms. The van der Waals surface area contributed by atoms with E-state index < -0.39 is 70.9 Å². The number of hydrazone groups is 2. The molecule has 4 rings (SSSR count). The van der Waals surface area contributed by atoms with Gasteiger partial charge in [0.2, 0.25) is 52.5 Å². The summed E-state index contributed by atoms with van der Waals surface area (Å²) in [6.07, 6.45) is 2.42. The first-order chi connectivity index (χ1) is 42.7. The third-order valence-corrected chi connectivity index (χ3v) is 23.5. The van der Waals surface area contributed by atoms with Crippen LogP contribution >= 0.6 is 95.2 Å². The second-order valence-corrected chi connectivity index (χ2v) is 34.9. The lowest BCUT2D eigenvalue weighted by molar-refractivity contribution is -0.122. The van der Waals surface area contributed by atoms with Gasteiger partial charge in [0, 0.05) is 13.1 Å². The van der Waals surface area contributed by atoms with Crippen LogP contribution in [0.2, 0.25) is 0 Å². The summed E-state index contributed by atoms with van der Waals surface area (Å²) in [5.41, 5.74) is 3.49. The van der Waals surface area contributed by atoms with Crippen molar-refractivity contribution in [1.82, 2.24) is 30.0 Å². The Hall–Kier alpha value is -3.24. The molecule has 488 valence electrons. The Morgan fingerprint density at radius 3 is 1.17 bits per heavy atom. The zero-order chi connectivity index (χ0) is 66.6. The molecule has 46 heteroatoms. The molecule has 2 atom stereocenters. The van der Waals surface area contributed by atoms with E-state index in [4.69, 9.17) is 70.8 Å². The fraction of sp³-hybridized carbons (Fsp3) is 0.364. The van der Waals surface area contributed by atoms with E-state index in [-0.39, 0.29) is 31.6 Å². The average Bonchev–Trinajstić information content (AvgIpc) is 2.38. The highest BCUT2D eigenvalue weighted by Crippen LogP contribution is 2.60. The van der Waals surface area contributed by atoms with Crippen LogP contribution in [0.15, 0.2) is 126 Å². The van der Waals surface area contributed by atoms with Gasteiger partial charge in [-0.15, -0.1) is 10.2 Å². The highest BCUT2D eigenvalue weighted by molar-refractivity contribution is 8.02.